The number of hydrogen-bond acceptors (Lipinski definition) is 7. The van der Waals surface area contributed by atoms with Gasteiger partial charge in [0.2, 0.25) is 0 Å². The summed E-state index contributed by atoms with van der Waals surface area (Å²) in [5.74, 6) is 0.0605. The number of nitrogens with zero attached hydrogens (tertiary/aromatic N) is 6. The van der Waals surface area contributed by atoms with Crippen LogP contribution in [0.4, 0.5) is 11.4 Å². The molecule has 0 aromatic carbocycles. The van der Waals surface area contributed by atoms with Crippen LogP contribution in [-0.4, -0.2) is 70.3 Å². The molecule has 11 heteroatoms. The number of nitrogens with two attached hydrogens (primary N) is 1. The van der Waals surface area contributed by atoms with Crippen LogP contribution in [0.15, 0.2) is 52.3 Å². The Kier molecular flexibility index (Phi) is 7.04. The summed E-state index contributed by atoms with van der Waals surface area (Å²) in [6, 6.07) is 3.62. The van der Waals surface area contributed by atoms with Crippen LogP contribution in [0.3, 0.4) is 0 Å². The first-order valence-corrected chi connectivity index (χ1v) is 14.0. The number of amidine groups is 1. The highest BCUT2D eigenvalue weighted by Gasteiger charge is 2.32. The standard InChI is InChI=1S/C30H34N8O3/c1-35-8-7-33-21(17-35)13-28(31)34-24-11-20(16-36(2)29(24)40)22-14-32-15-27(23(22)18-39)38-10-9-37-25-6-4-3-5-19(25)12-26(37)30(38)41/h11-16,18,33H,3-10,17H2,1-2H3,(H2,31,34)/b21-13-. The fourth-order valence-corrected chi connectivity index (χ4v) is 6.10. The molecular formula is C30H34N8O3. The van der Waals surface area contributed by atoms with E-state index in [4.69, 9.17) is 5.73 Å². The normalized spacial score (nSPS) is 18.7. The zero-order chi connectivity index (χ0) is 28.7. The summed E-state index contributed by atoms with van der Waals surface area (Å²) in [5, 5.41) is 3.30. The number of pyridine rings is 2. The summed E-state index contributed by atoms with van der Waals surface area (Å²) < 4.78 is 3.55. The molecular weight excluding hydrogens is 520 g/mol. The van der Waals surface area contributed by atoms with Crippen molar-refractivity contribution in [2.24, 2.45) is 17.8 Å². The van der Waals surface area contributed by atoms with Crippen molar-refractivity contribution in [3.8, 4) is 11.1 Å². The van der Waals surface area contributed by atoms with Gasteiger partial charge >= 0.3 is 0 Å². The third kappa shape index (κ3) is 4.97. The number of fused-ring (bicyclic) bond motifs is 3. The molecule has 41 heavy (non-hydrogen) atoms. The number of nitrogens with one attached hydrogen (secondary N) is 1. The summed E-state index contributed by atoms with van der Waals surface area (Å²) in [5.41, 5.74) is 12.0. The van der Waals surface area contributed by atoms with E-state index in [2.05, 4.69) is 24.8 Å². The molecule has 212 valence electrons. The molecule has 0 atom stereocenters. The van der Waals surface area contributed by atoms with Gasteiger partial charge in [-0.1, -0.05) is 0 Å². The Morgan fingerprint density at radius 1 is 1.10 bits per heavy atom. The molecule has 2 aliphatic heterocycles. The fourth-order valence-electron chi connectivity index (χ4n) is 6.10. The van der Waals surface area contributed by atoms with E-state index in [1.807, 2.05) is 13.1 Å². The van der Waals surface area contributed by atoms with Crippen molar-refractivity contribution in [2.75, 3.05) is 38.1 Å². The van der Waals surface area contributed by atoms with Crippen molar-refractivity contribution >= 4 is 29.4 Å². The van der Waals surface area contributed by atoms with Crippen LogP contribution in [0.25, 0.3) is 11.1 Å². The van der Waals surface area contributed by atoms with Crippen LogP contribution in [0.1, 0.15) is 44.9 Å². The average molecular weight is 555 g/mol. The molecule has 0 spiro atoms. The monoisotopic (exact) mass is 554 g/mol. The van der Waals surface area contributed by atoms with Crippen molar-refractivity contribution in [3.05, 3.63) is 75.4 Å². The van der Waals surface area contributed by atoms with Crippen LogP contribution < -0.4 is 21.5 Å². The number of carbonyl (C=O) groups is 2. The molecule has 3 aromatic rings. The van der Waals surface area contributed by atoms with Crippen molar-refractivity contribution in [1.29, 1.82) is 0 Å². The van der Waals surface area contributed by atoms with Crippen molar-refractivity contribution in [1.82, 2.24) is 24.3 Å². The van der Waals surface area contributed by atoms with Gasteiger partial charge in [-0.3, -0.25) is 24.3 Å². The lowest BCUT2D eigenvalue weighted by atomic mass is 9.98. The SMILES string of the molecule is CN1CCN/C(=C\C(N)=Nc2cc(-c3cncc(N4CCn5c(cc6c5CCCC6)C4=O)c3C=O)cn(C)c2=O)C1. The van der Waals surface area contributed by atoms with Gasteiger partial charge in [-0.05, 0) is 50.4 Å². The van der Waals surface area contributed by atoms with Gasteiger partial charge in [-0.15, -0.1) is 0 Å². The maximum atomic E-state index is 13.7. The second-order valence-electron chi connectivity index (χ2n) is 11.0. The Morgan fingerprint density at radius 2 is 1.93 bits per heavy atom. The number of aldehydes is 1. The first-order chi connectivity index (χ1) is 19.8. The molecule has 0 unspecified atom stereocenters. The number of likely N-dealkylation sites (N-methyl/N-ethyl adjacent to an activating group) is 1. The van der Waals surface area contributed by atoms with E-state index in [-0.39, 0.29) is 23.0 Å². The lowest BCUT2D eigenvalue weighted by Crippen LogP contribution is -2.41. The topological polar surface area (TPSA) is 131 Å². The molecule has 3 aliphatic rings. The lowest BCUT2D eigenvalue weighted by molar-refractivity contribution is 0.0964. The van der Waals surface area contributed by atoms with Crippen LogP contribution >= 0.6 is 0 Å². The molecule has 5 heterocycles. The average Bonchev–Trinajstić information content (AvgIpc) is 3.35. The smallest absolute Gasteiger partial charge is 0.276 e. The van der Waals surface area contributed by atoms with Gasteiger partial charge in [0.1, 0.15) is 17.2 Å². The fraction of sp³-hybridized carbons (Fsp3) is 0.367. The van der Waals surface area contributed by atoms with Gasteiger partial charge < -0.3 is 25.1 Å². The molecule has 1 aliphatic carbocycles. The number of carbonyl (C=O) groups excluding carboxylic acids is 2. The first kappa shape index (κ1) is 26.7. The van der Waals surface area contributed by atoms with Crippen molar-refractivity contribution in [3.63, 3.8) is 0 Å². The molecule has 0 saturated carbocycles. The maximum absolute atomic E-state index is 13.7. The number of piperazine rings is 1. The summed E-state index contributed by atoms with van der Waals surface area (Å²) >= 11 is 0. The van der Waals surface area contributed by atoms with Gasteiger partial charge in [-0.2, -0.15) is 0 Å². The minimum atomic E-state index is -0.323. The maximum Gasteiger partial charge on any atom is 0.276 e. The van der Waals surface area contributed by atoms with Gasteiger partial charge in [0.05, 0.1) is 11.9 Å². The minimum absolute atomic E-state index is 0.138. The number of aryl methyl sites for hydroxylation is 2. The highest BCUT2D eigenvalue weighted by molar-refractivity contribution is 6.09. The second-order valence-corrected chi connectivity index (χ2v) is 11.0. The third-order valence-corrected chi connectivity index (χ3v) is 8.13. The number of aliphatic imine (C=N–C) groups is 1. The largest absolute Gasteiger partial charge is 0.386 e. The van der Waals surface area contributed by atoms with E-state index in [9.17, 15) is 14.4 Å². The summed E-state index contributed by atoms with van der Waals surface area (Å²) in [6.45, 7) is 3.55. The third-order valence-electron chi connectivity index (χ3n) is 8.13. The van der Waals surface area contributed by atoms with E-state index in [1.165, 1.54) is 15.8 Å². The minimum Gasteiger partial charge on any atom is -0.386 e. The Bertz CT molecular complexity index is 1660. The molecule has 6 rings (SSSR count). The summed E-state index contributed by atoms with van der Waals surface area (Å²) in [6.07, 6.45) is 11.5. The number of hydrogen-bond donors (Lipinski definition) is 2. The van der Waals surface area contributed by atoms with Crippen LogP contribution in [0.5, 0.6) is 0 Å². The van der Waals surface area contributed by atoms with Crippen molar-refractivity contribution in [2.45, 2.75) is 32.2 Å². The Labute approximate surface area is 238 Å². The van der Waals surface area contributed by atoms with Crippen molar-refractivity contribution < 1.29 is 9.59 Å². The summed E-state index contributed by atoms with van der Waals surface area (Å²) in [4.78, 5) is 51.8. The van der Waals surface area contributed by atoms with Crippen LogP contribution in [-0.2, 0) is 26.4 Å². The van der Waals surface area contributed by atoms with E-state index < -0.39 is 0 Å². The second kappa shape index (κ2) is 10.8. The van der Waals surface area contributed by atoms with E-state index in [0.717, 1.165) is 50.8 Å². The van der Waals surface area contributed by atoms with Gasteiger partial charge in [0.25, 0.3) is 11.5 Å². The van der Waals surface area contributed by atoms with E-state index in [0.29, 0.717) is 47.7 Å². The number of rotatable bonds is 5. The van der Waals surface area contributed by atoms with E-state index >= 15 is 0 Å². The number of anilines is 1. The van der Waals surface area contributed by atoms with E-state index in [1.54, 1.807) is 42.7 Å². The Balaban J connectivity index is 1.36. The first-order valence-electron chi connectivity index (χ1n) is 14.0. The zero-order valence-corrected chi connectivity index (χ0v) is 23.4. The Morgan fingerprint density at radius 3 is 2.73 bits per heavy atom. The summed E-state index contributed by atoms with van der Waals surface area (Å²) in [7, 11) is 3.65. The predicted molar refractivity (Wildman–Crippen MR) is 158 cm³/mol. The highest BCUT2D eigenvalue weighted by Crippen LogP contribution is 2.34. The van der Waals surface area contributed by atoms with Crippen LogP contribution in [0, 0.1) is 0 Å². The molecule has 1 amide bonds. The van der Waals surface area contributed by atoms with Crippen LogP contribution in [0.2, 0.25) is 0 Å². The molecule has 3 N–H and O–H groups in total. The quantitative estimate of drug-likeness (QED) is 0.280. The molecule has 0 radical (unpaired) electrons. The molecule has 3 aromatic heterocycles. The lowest BCUT2D eigenvalue weighted by Gasteiger charge is -2.30. The molecule has 11 nitrogen and oxygen atoms in total. The van der Waals surface area contributed by atoms with Gasteiger partial charge in [0, 0.05) is 86.3 Å². The van der Waals surface area contributed by atoms with Gasteiger partial charge in [-0.25, -0.2) is 4.99 Å². The molecule has 1 saturated heterocycles. The molecule has 1 fully saturated rings. The number of amides is 1. The zero-order valence-electron chi connectivity index (χ0n) is 23.4. The predicted octanol–water partition coefficient (Wildman–Crippen LogP) is 2.01. The Hall–Kier alpha value is -4.51. The number of aromatic nitrogens is 3. The van der Waals surface area contributed by atoms with Gasteiger partial charge in [0.15, 0.2) is 6.29 Å². The highest BCUT2D eigenvalue weighted by atomic mass is 16.2. The molecule has 0 bridgehead atoms.